The molecule has 0 heterocycles. The van der Waals surface area contributed by atoms with Crippen molar-refractivity contribution in [1.82, 2.24) is 0 Å². The molecule has 19 heavy (non-hydrogen) atoms. The van der Waals surface area contributed by atoms with Gasteiger partial charge in [0.25, 0.3) is 0 Å². The van der Waals surface area contributed by atoms with Crippen LogP contribution in [0, 0.1) is 22.7 Å². The molecule has 0 amide bonds. The highest BCUT2D eigenvalue weighted by molar-refractivity contribution is 6.16. The van der Waals surface area contributed by atoms with Crippen LogP contribution in [0.25, 0.3) is 0 Å². The predicted octanol–water partition coefficient (Wildman–Crippen LogP) is 5.74. The molecule has 0 saturated heterocycles. The summed E-state index contributed by atoms with van der Waals surface area (Å²) < 4.78 is 0. The van der Waals surface area contributed by atoms with E-state index in [1.54, 1.807) is 5.98 Å². The van der Waals surface area contributed by atoms with E-state index in [-0.39, 0.29) is 0 Å². The lowest BCUT2D eigenvalue weighted by atomic mass is 9.75. The third-order valence-electron chi connectivity index (χ3n) is 3.33. The molecular weight excluding hydrogens is 227 g/mol. The summed E-state index contributed by atoms with van der Waals surface area (Å²) in [6, 6.07) is 0. The summed E-state index contributed by atoms with van der Waals surface area (Å²) in [5.41, 5.74) is 2.03. The lowest BCUT2D eigenvalue weighted by molar-refractivity contribution is 0.260. The van der Waals surface area contributed by atoms with Gasteiger partial charge in [-0.2, -0.15) is 0 Å². The Labute approximate surface area is 123 Å². The highest BCUT2D eigenvalue weighted by atomic mass is 14.3. The summed E-state index contributed by atoms with van der Waals surface area (Å²) in [4.78, 5) is 0. The van der Waals surface area contributed by atoms with Gasteiger partial charge in [0.15, 0.2) is 0 Å². The first-order valence-corrected chi connectivity index (χ1v) is 7.49. The molecule has 0 N–H and O–H groups in total. The zero-order valence-corrected chi connectivity index (χ0v) is 14.2. The smallest absolute Gasteiger partial charge is 0.102 e. The number of rotatable bonds is 6. The Morgan fingerprint density at radius 3 is 2.00 bits per heavy atom. The van der Waals surface area contributed by atoms with Gasteiger partial charge in [0.05, 0.1) is 0 Å². The largest absolute Gasteiger partial charge is 0.135 e. The van der Waals surface area contributed by atoms with Crippen molar-refractivity contribution in [2.75, 3.05) is 0 Å². The summed E-state index contributed by atoms with van der Waals surface area (Å²) >= 11 is 0. The average Bonchev–Trinajstić information content (AvgIpc) is 2.10. The fourth-order valence-corrected chi connectivity index (χ4v) is 2.87. The zero-order valence-electron chi connectivity index (χ0n) is 14.2. The van der Waals surface area contributed by atoms with Crippen molar-refractivity contribution in [2.45, 2.75) is 67.7 Å². The van der Waals surface area contributed by atoms with Gasteiger partial charge in [-0.1, -0.05) is 66.7 Å². The standard InChI is InChI=1S/C18H33B/c1-14(12-17(3,4)5)11-16(9-10-19)15(2)13-18(6,7)8/h9-10,15-16H,1,11-13H2,2-8H3/b10-9-. The van der Waals surface area contributed by atoms with E-state index < -0.39 is 0 Å². The Morgan fingerprint density at radius 2 is 1.63 bits per heavy atom. The van der Waals surface area contributed by atoms with Crippen LogP contribution in [0.1, 0.15) is 67.7 Å². The van der Waals surface area contributed by atoms with Gasteiger partial charge < -0.3 is 0 Å². The maximum absolute atomic E-state index is 5.62. The van der Waals surface area contributed by atoms with Crippen molar-refractivity contribution in [2.24, 2.45) is 22.7 Å². The summed E-state index contributed by atoms with van der Waals surface area (Å²) in [5, 5.41) is 0. The van der Waals surface area contributed by atoms with Crippen LogP contribution in [0.3, 0.4) is 0 Å². The quantitative estimate of drug-likeness (QED) is 0.422. The molecular formula is C18H33B. The average molecular weight is 260 g/mol. The first-order chi connectivity index (χ1) is 8.44. The minimum atomic E-state index is 0.321. The number of hydrogen-bond acceptors (Lipinski definition) is 0. The van der Waals surface area contributed by atoms with Crippen molar-refractivity contribution < 1.29 is 0 Å². The summed E-state index contributed by atoms with van der Waals surface area (Å²) in [5.74, 6) is 2.85. The van der Waals surface area contributed by atoms with Crippen LogP contribution in [0.15, 0.2) is 24.2 Å². The van der Waals surface area contributed by atoms with Crippen LogP contribution in [-0.2, 0) is 0 Å². The molecule has 2 unspecified atom stereocenters. The third-order valence-corrected chi connectivity index (χ3v) is 3.33. The highest BCUT2D eigenvalue weighted by Gasteiger charge is 2.22. The molecule has 1 heteroatoms. The van der Waals surface area contributed by atoms with Gasteiger partial charge in [-0.25, -0.2) is 0 Å². The Balaban J connectivity index is 4.62. The van der Waals surface area contributed by atoms with Crippen LogP contribution in [0.2, 0.25) is 0 Å². The molecule has 0 saturated carbocycles. The molecule has 0 bridgehead atoms. The second kappa shape index (κ2) is 7.36. The lowest BCUT2D eigenvalue weighted by Gasteiger charge is -2.30. The van der Waals surface area contributed by atoms with Crippen LogP contribution < -0.4 is 0 Å². The number of allylic oxidation sites excluding steroid dienone is 2. The summed E-state index contributed by atoms with van der Waals surface area (Å²) in [7, 11) is 5.62. The van der Waals surface area contributed by atoms with Crippen molar-refractivity contribution in [3.8, 4) is 0 Å². The zero-order chi connectivity index (χ0) is 15.3. The first-order valence-electron chi connectivity index (χ1n) is 7.49. The molecule has 0 nitrogen and oxygen atoms in total. The van der Waals surface area contributed by atoms with Crippen molar-refractivity contribution in [3.05, 3.63) is 24.2 Å². The van der Waals surface area contributed by atoms with Gasteiger partial charge in [-0.3, -0.25) is 0 Å². The molecule has 0 spiro atoms. The van der Waals surface area contributed by atoms with E-state index >= 15 is 0 Å². The highest BCUT2D eigenvalue weighted by Crippen LogP contribution is 2.34. The number of hydrogen-bond donors (Lipinski definition) is 0. The van der Waals surface area contributed by atoms with Crippen molar-refractivity contribution in [1.29, 1.82) is 0 Å². The second-order valence-corrected chi connectivity index (χ2v) is 8.48. The minimum Gasteiger partial charge on any atom is -0.135 e. The topological polar surface area (TPSA) is 0 Å². The molecule has 0 aromatic carbocycles. The summed E-state index contributed by atoms with van der Waals surface area (Å²) in [6.07, 6.45) is 5.52. The van der Waals surface area contributed by atoms with Gasteiger partial charge in [0.1, 0.15) is 7.85 Å². The van der Waals surface area contributed by atoms with E-state index in [4.69, 9.17) is 7.85 Å². The van der Waals surface area contributed by atoms with E-state index in [1.165, 1.54) is 12.0 Å². The van der Waals surface area contributed by atoms with Crippen molar-refractivity contribution in [3.63, 3.8) is 0 Å². The van der Waals surface area contributed by atoms with Gasteiger partial charge in [0.2, 0.25) is 0 Å². The normalized spacial score (nSPS) is 16.6. The molecule has 2 radical (unpaired) electrons. The summed E-state index contributed by atoms with van der Waals surface area (Å²) in [6.45, 7) is 20.3. The van der Waals surface area contributed by atoms with Crippen LogP contribution >= 0.6 is 0 Å². The Morgan fingerprint density at radius 1 is 1.11 bits per heavy atom. The Bertz CT molecular complexity index is 299. The Kier molecular flexibility index (Phi) is 7.18. The maximum atomic E-state index is 5.62. The third kappa shape index (κ3) is 10.0. The molecule has 0 fully saturated rings. The molecule has 0 aromatic rings. The molecule has 108 valence electrons. The maximum Gasteiger partial charge on any atom is 0.102 e. The molecule has 0 aromatic heterocycles. The molecule has 2 atom stereocenters. The monoisotopic (exact) mass is 260 g/mol. The van der Waals surface area contributed by atoms with E-state index in [1.807, 2.05) is 0 Å². The fourth-order valence-electron chi connectivity index (χ4n) is 2.87. The SMILES string of the molecule is [B]/C=C\C(CC(=C)CC(C)(C)C)C(C)CC(C)(C)C. The second-order valence-electron chi connectivity index (χ2n) is 8.48. The van der Waals surface area contributed by atoms with Gasteiger partial charge >= 0.3 is 0 Å². The van der Waals surface area contributed by atoms with E-state index in [9.17, 15) is 0 Å². The molecule has 0 aliphatic carbocycles. The lowest BCUT2D eigenvalue weighted by Crippen LogP contribution is -2.19. The van der Waals surface area contributed by atoms with Crippen LogP contribution in [-0.4, -0.2) is 7.85 Å². The van der Waals surface area contributed by atoms with Crippen LogP contribution in [0.4, 0.5) is 0 Å². The van der Waals surface area contributed by atoms with E-state index in [0.29, 0.717) is 22.7 Å². The van der Waals surface area contributed by atoms with E-state index in [2.05, 4.69) is 61.1 Å². The molecule has 0 aliphatic rings. The fraction of sp³-hybridized carbons (Fsp3) is 0.778. The molecule has 0 aliphatic heterocycles. The van der Waals surface area contributed by atoms with Gasteiger partial charge in [-0.15, -0.1) is 5.98 Å². The van der Waals surface area contributed by atoms with E-state index in [0.717, 1.165) is 12.8 Å². The van der Waals surface area contributed by atoms with Crippen molar-refractivity contribution >= 4 is 7.85 Å². The van der Waals surface area contributed by atoms with Gasteiger partial charge in [0, 0.05) is 0 Å². The minimum absolute atomic E-state index is 0.321. The Hall–Kier alpha value is -0.455. The van der Waals surface area contributed by atoms with Crippen LogP contribution in [0.5, 0.6) is 0 Å². The molecule has 0 rings (SSSR count). The van der Waals surface area contributed by atoms with Gasteiger partial charge in [-0.05, 0) is 41.9 Å². The first kappa shape index (κ1) is 18.5. The predicted molar refractivity (Wildman–Crippen MR) is 89.4 cm³/mol.